The largest absolute Gasteiger partial charge is 0.504 e. The minimum atomic E-state index is -0.677. The van der Waals surface area contributed by atoms with Crippen molar-refractivity contribution in [3.63, 3.8) is 0 Å². The summed E-state index contributed by atoms with van der Waals surface area (Å²) in [5, 5.41) is 21.6. The number of anilines is 1. The number of benzene rings is 2. The van der Waals surface area contributed by atoms with Crippen molar-refractivity contribution < 1.29 is 34.1 Å². The number of esters is 2. The van der Waals surface area contributed by atoms with Crippen molar-refractivity contribution in [3.05, 3.63) is 42.0 Å². The number of phenolic OH excluding ortho intramolecular Hbond substituents is 2. The fraction of sp³-hybridized carbons (Fsp3) is 0.118. The molecule has 0 heterocycles. The summed E-state index contributed by atoms with van der Waals surface area (Å²) in [6.07, 6.45) is 0. The zero-order chi connectivity index (χ0) is 18.6. The second-order valence-corrected chi connectivity index (χ2v) is 5.01. The van der Waals surface area contributed by atoms with E-state index in [4.69, 9.17) is 9.47 Å². The fourth-order valence-electron chi connectivity index (χ4n) is 1.98. The molecule has 0 radical (unpaired) electrons. The molecule has 8 heteroatoms. The summed E-state index contributed by atoms with van der Waals surface area (Å²) in [7, 11) is 0. The van der Waals surface area contributed by atoms with Crippen LogP contribution >= 0.6 is 0 Å². The molecule has 130 valence electrons. The first-order chi connectivity index (χ1) is 11.8. The van der Waals surface area contributed by atoms with Gasteiger partial charge in [0.05, 0.1) is 5.69 Å². The molecule has 0 bridgehead atoms. The van der Waals surface area contributed by atoms with Crippen LogP contribution in [0.2, 0.25) is 0 Å². The molecule has 8 nitrogen and oxygen atoms in total. The Morgan fingerprint density at radius 3 is 2.00 bits per heavy atom. The van der Waals surface area contributed by atoms with Crippen LogP contribution in [0.25, 0.3) is 0 Å². The van der Waals surface area contributed by atoms with Crippen LogP contribution in [0.15, 0.2) is 36.4 Å². The van der Waals surface area contributed by atoms with Gasteiger partial charge in [-0.2, -0.15) is 0 Å². The molecule has 1 amide bonds. The number of nitrogens with one attached hydrogen (secondary N) is 1. The van der Waals surface area contributed by atoms with Gasteiger partial charge < -0.3 is 25.0 Å². The van der Waals surface area contributed by atoms with E-state index >= 15 is 0 Å². The minimum Gasteiger partial charge on any atom is -0.504 e. The Labute approximate surface area is 142 Å². The lowest BCUT2D eigenvalue weighted by atomic mass is 10.1. The number of para-hydroxylation sites is 1. The van der Waals surface area contributed by atoms with Crippen molar-refractivity contribution in [2.75, 3.05) is 5.32 Å². The van der Waals surface area contributed by atoms with Crippen molar-refractivity contribution in [1.29, 1.82) is 0 Å². The average Bonchev–Trinajstić information content (AvgIpc) is 2.50. The Kier molecular flexibility index (Phi) is 5.23. The lowest BCUT2D eigenvalue weighted by Crippen LogP contribution is -2.13. The van der Waals surface area contributed by atoms with Crippen molar-refractivity contribution in [2.45, 2.75) is 13.8 Å². The maximum absolute atomic E-state index is 12.4. The molecule has 0 spiro atoms. The second-order valence-electron chi connectivity index (χ2n) is 5.01. The van der Waals surface area contributed by atoms with E-state index in [2.05, 4.69) is 5.32 Å². The smallest absolute Gasteiger partial charge is 0.308 e. The minimum absolute atomic E-state index is 0.0107. The van der Waals surface area contributed by atoms with E-state index in [9.17, 15) is 24.6 Å². The van der Waals surface area contributed by atoms with Crippen LogP contribution in [0.5, 0.6) is 23.0 Å². The molecule has 2 aromatic carbocycles. The van der Waals surface area contributed by atoms with Crippen molar-refractivity contribution in [2.24, 2.45) is 0 Å². The summed E-state index contributed by atoms with van der Waals surface area (Å²) < 4.78 is 9.84. The van der Waals surface area contributed by atoms with Crippen LogP contribution in [0.4, 0.5) is 5.69 Å². The molecule has 0 unspecified atom stereocenters. The third kappa shape index (κ3) is 4.71. The van der Waals surface area contributed by atoms with Gasteiger partial charge >= 0.3 is 11.9 Å². The highest BCUT2D eigenvalue weighted by Gasteiger charge is 2.15. The molecule has 2 rings (SSSR count). The van der Waals surface area contributed by atoms with E-state index in [0.717, 1.165) is 0 Å². The molecule has 0 fully saturated rings. The first-order valence-corrected chi connectivity index (χ1v) is 7.10. The van der Waals surface area contributed by atoms with Gasteiger partial charge in [-0.3, -0.25) is 14.4 Å². The van der Waals surface area contributed by atoms with Crippen LogP contribution in [0, 0.1) is 0 Å². The molecule has 25 heavy (non-hydrogen) atoms. The summed E-state index contributed by atoms with van der Waals surface area (Å²) in [5.74, 6) is -2.77. The predicted octanol–water partition coefficient (Wildman–Crippen LogP) is 2.20. The van der Waals surface area contributed by atoms with Gasteiger partial charge in [-0.15, -0.1) is 0 Å². The number of carbonyl (C=O) groups is 3. The molecular weight excluding hydrogens is 330 g/mol. The third-order valence-corrected chi connectivity index (χ3v) is 2.93. The average molecular weight is 345 g/mol. The first-order valence-electron chi connectivity index (χ1n) is 7.10. The Morgan fingerprint density at radius 1 is 0.920 bits per heavy atom. The van der Waals surface area contributed by atoms with Gasteiger partial charge in [-0.05, 0) is 24.3 Å². The Balaban J connectivity index is 2.35. The molecule has 0 aromatic heterocycles. The van der Waals surface area contributed by atoms with Crippen molar-refractivity contribution >= 4 is 23.5 Å². The molecule has 0 saturated carbocycles. The SMILES string of the molecule is CC(=O)Oc1cc(OC(C)=O)cc(C(=O)Nc2cccc(O)c2O)c1. The Morgan fingerprint density at radius 2 is 1.48 bits per heavy atom. The van der Waals surface area contributed by atoms with Crippen LogP contribution in [-0.4, -0.2) is 28.1 Å². The Hall–Kier alpha value is -3.55. The van der Waals surface area contributed by atoms with E-state index in [0.29, 0.717) is 0 Å². The monoisotopic (exact) mass is 345 g/mol. The highest BCUT2D eigenvalue weighted by molar-refractivity contribution is 6.05. The summed E-state index contributed by atoms with van der Waals surface area (Å²) in [6, 6.07) is 7.89. The fourth-order valence-corrected chi connectivity index (χ4v) is 1.98. The highest BCUT2D eigenvalue weighted by Crippen LogP contribution is 2.33. The van der Waals surface area contributed by atoms with E-state index < -0.39 is 29.3 Å². The topological polar surface area (TPSA) is 122 Å². The molecule has 0 saturated heterocycles. The number of rotatable bonds is 4. The lowest BCUT2D eigenvalue weighted by Gasteiger charge is -2.11. The van der Waals surface area contributed by atoms with Crippen LogP contribution < -0.4 is 14.8 Å². The first kappa shape index (κ1) is 17.8. The summed E-state index contributed by atoms with van der Waals surface area (Å²) in [6.45, 7) is 2.37. The molecule has 0 aliphatic carbocycles. The number of aromatic hydroxyl groups is 2. The standard InChI is InChI=1S/C17H15NO7/c1-9(19)24-12-6-11(7-13(8-12)25-10(2)20)17(23)18-14-4-3-5-15(21)16(14)22/h3-8,21-22H,1-2H3,(H,18,23). The number of phenols is 2. The van der Waals surface area contributed by atoms with Gasteiger partial charge in [0.25, 0.3) is 5.91 Å². The van der Waals surface area contributed by atoms with E-state index in [1.807, 2.05) is 0 Å². The number of hydrogen-bond donors (Lipinski definition) is 3. The molecular formula is C17H15NO7. The summed E-state index contributed by atoms with van der Waals surface area (Å²) in [4.78, 5) is 34.6. The van der Waals surface area contributed by atoms with Gasteiger partial charge in [0, 0.05) is 25.5 Å². The third-order valence-electron chi connectivity index (χ3n) is 2.93. The second kappa shape index (κ2) is 7.35. The van der Waals surface area contributed by atoms with Crippen molar-refractivity contribution in [1.82, 2.24) is 0 Å². The van der Waals surface area contributed by atoms with Crippen molar-refractivity contribution in [3.8, 4) is 23.0 Å². The summed E-state index contributed by atoms with van der Waals surface area (Å²) >= 11 is 0. The molecule has 0 aliphatic heterocycles. The lowest BCUT2D eigenvalue weighted by molar-refractivity contribution is -0.132. The number of amides is 1. The predicted molar refractivity (Wildman–Crippen MR) is 86.8 cm³/mol. The Bertz CT molecular complexity index is 811. The molecule has 0 aliphatic rings. The number of carbonyl (C=O) groups excluding carboxylic acids is 3. The van der Waals surface area contributed by atoms with Gasteiger partial charge in [0.1, 0.15) is 11.5 Å². The summed E-state index contributed by atoms with van der Waals surface area (Å²) in [5.41, 5.74) is -0.00494. The van der Waals surface area contributed by atoms with Crippen LogP contribution in [0.3, 0.4) is 0 Å². The zero-order valence-electron chi connectivity index (χ0n) is 13.4. The van der Waals surface area contributed by atoms with Crippen LogP contribution in [0.1, 0.15) is 24.2 Å². The van der Waals surface area contributed by atoms with E-state index in [-0.39, 0.29) is 22.7 Å². The molecule has 3 N–H and O–H groups in total. The van der Waals surface area contributed by atoms with Gasteiger partial charge in [-0.25, -0.2) is 0 Å². The highest BCUT2D eigenvalue weighted by atomic mass is 16.5. The molecule has 0 atom stereocenters. The molecule has 2 aromatic rings. The normalized spacial score (nSPS) is 10.0. The maximum atomic E-state index is 12.4. The zero-order valence-corrected chi connectivity index (χ0v) is 13.4. The quantitative estimate of drug-likeness (QED) is 0.441. The maximum Gasteiger partial charge on any atom is 0.308 e. The van der Waals surface area contributed by atoms with Crippen LogP contribution in [-0.2, 0) is 9.59 Å². The number of hydrogen-bond acceptors (Lipinski definition) is 7. The van der Waals surface area contributed by atoms with Gasteiger partial charge in [-0.1, -0.05) is 6.07 Å². The van der Waals surface area contributed by atoms with Gasteiger partial charge in [0.15, 0.2) is 11.5 Å². The number of ether oxygens (including phenoxy) is 2. The van der Waals surface area contributed by atoms with E-state index in [1.165, 1.54) is 50.2 Å². The van der Waals surface area contributed by atoms with E-state index in [1.54, 1.807) is 0 Å². The van der Waals surface area contributed by atoms with Gasteiger partial charge in [0.2, 0.25) is 0 Å².